The Labute approximate surface area is 131 Å². The van der Waals surface area contributed by atoms with Crippen LogP contribution in [0.4, 0.5) is 0 Å². The van der Waals surface area contributed by atoms with E-state index in [-0.39, 0.29) is 19.5 Å². The van der Waals surface area contributed by atoms with Gasteiger partial charge in [-0.3, -0.25) is 0 Å². The fourth-order valence-electron chi connectivity index (χ4n) is 1.21. The number of carbonyl (C=O) groups is 2. The van der Waals surface area contributed by atoms with Crippen LogP contribution in [0.15, 0.2) is 60.7 Å². The Bertz CT molecular complexity index is 482. The van der Waals surface area contributed by atoms with Gasteiger partial charge in [0.15, 0.2) is 0 Å². The molecule has 0 aromatic heterocycles. The summed E-state index contributed by atoms with van der Waals surface area (Å²) in [6, 6.07) is 21.2. The second-order valence-corrected chi connectivity index (χ2v) is 4.87. The Morgan fingerprint density at radius 2 is 1.00 bits per heavy atom. The Balaban J connectivity index is 0.000000448. The van der Waals surface area contributed by atoms with Gasteiger partial charge < -0.3 is 10.2 Å². The van der Waals surface area contributed by atoms with Crippen molar-refractivity contribution in [3.63, 3.8) is 0 Å². The Morgan fingerprint density at radius 3 is 1.25 bits per heavy atom. The van der Waals surface area contributed by atoms with E-state index >= 15 is 0 Å². The number of hydrogen-bond acceptors (Lipinski definition) is 2. The standard InChI is InChI=1S/C12H11P.C2H2O4.Ru/c1-3-7-11(8-4-1)13-12-9-5-2-6-10-12;3-1(4)2(5)6;/h1-10,13H;(H,3,4)(H,5,6);. The molecule has 0 spiro atoms. The summed E-state index contributed by atoms with van der Waals surface area (Å²) in [7, 11) is 0.777. The molecule has 4 nitrogen and oxygen atoms in total. The number of hydrogen-bond donors (Lipinski definition) is 2. The molecule has 0 heterocycles. The third-order valence-electron chi connectivity index (χ3n) is 2.02. The van der Waals surface area contributed by atoms with Gasteiger partial charge in [0.1, 0.15) is 0 Å². The van der Waals surface area contributed by atoms with Crippen LogP contribution in [-0.2, 0) is 29.1 Å². The van der Waals surface area contributed by atoms with Crippen LogP contribution in [0.1, 0.15) is 0 Å². The average Bonchev–Trinajstić information content (AvgIpc) is 2.41. The Kier molecular flexibility index (Phi) is 9.45. The van der Waals surface area contributed by atoms with Gasteiger partial charge >= 0.3 is 11.9 Å². The molecule has 0 bridgehead atoms. The fraction of sp³-hybridized carbons (Fsp3) is 0. The van der Waals surface area contributed by atoms with Crippen LogP contribution < -0.4 is 10.6 Å². The van der Waals surface area contributed by atoms with Crippen molar-refractivity contribution in [1.29, 1.82) is 0 Å². The maximum Gasteiger partial charge on any atom is 0.414 e. The monoisotopic (exact) mass is 378 g/mol. The van der Waals surface area contributed by atoms with Crippen molar-refractivity contribution in [1.82, 2.24) is 0 Å². The van der Waals surface area contributed by atoms with Crippen LogP contribution >= 0.6 is 8.58 Å². The maximum absolute atomic E-state index is 9.10. The maximum atomic E-state index is 9.10. The summed E-state index contributed by atoms with van der Waals surface area (Å²) in [5.41, 5.74) is 0. The molecule has 0 amide bonds. The summed E-state index contributed by atoms with van der Waals surface area (Å²) in [5.74, 6) is -3.65. The zero-order chi connectivity index (χ0) is 14.1. The minimum atomic E-state index is -1.82. The van der Waals surface area contributed by atoms with Crippen LogP contribution in [0.3, 0.4) is 0 Å². The van der Waals surface area contributed by atoms with Gasteiger partial charge in [-0.2, -0.15) is 0 Å². The minimum absolute atomic E-state index is 0. The van der Waals surface area contributed by atoms with Crippen LogP contribution in [-0.4, -0.2) is 22.2 Å². The summed E-state index contributed by atoms with van der Waals surface area (Å²) in [4.78, 5) is 18.2. The third kappa shape index (κ3) is 7.78. The Morgan fingerprint density at radius 1 is 0.700 bits per heavy atom. The number of carboxylic acids is 2. The zero-order valence-corrected chi connectivity index (χ0v) is 13.1. The van der Waals surface area contributed by atoms with Crippen molar-refractivity contribution in [2.24, 2.45) is 0 Å². The molecular formula is C14H13O4PRu. The molecule has 0 aliphatic carbocycles. The van der Waals surface area contributed by atoms with E-state index in [2.05, 4.69) is 60.7 Å². The van der Waals surface area contributed by atoms with E-state index in [1.807, 2.05) is 0 Å². The first-order valence-corrected chi connectivity index (χ1v) is 6.43. The van der Waals surface area contributed by atoms with Gasteiger partial charge in [0, 0.05) is 19.5 Å². The first kappa shape index (κ1) is 18.4. The van der Waals surface area contributed by atoms with E-state index < -0.39 is 11.9 Å². The summed E-state index contributed by atoms with van der Waals surface area (Å²) in [5, 5.41) is 17.6. The third-order valence-corrected chi connectivity index (χ3v) is 3.26. The molecule has 2 rings (SSSR count). The van der Waals surface area contributed by atoms with Crippen molar-refractivity contribution in [2.45, 2.75) is 0 Å². The topological polar surface area (TPSA) is 74.6 Å². The van der Waals surface area contributed by atoms with E-state index in [0.717, 1.165) is 8.58 Å². The molecule has 0 saturated heterocycles. The van der Waals surface area contributed by atoms with Crippen LogP contribution in [0, 0.1) is 0 Å². The largest absolute Gasteiger partial charge is 0.473 e. The van der Waals surface area contributed by atoms with Crippen molar-refractivity contribution >= 4 is 31.1 Å². The van der Waals surface area contributed by atoms with Gasteiger partial charge in [0.2, 0.25) is 0 Å². The van der Waals surface area contributed by atoms with Crippen molar-refractivity contribution in [2.75, 3.05) is 0 Å². The summed E-state index contributed by atoms with van der Waals surface area (Å²) in [6.45, 7) is 0. The molecule has 0 aliphatic heterocycles. The van der Waals surface area contributed by atoms with Crippen LogP contribution in [0.5, 0.6) is 0 Å². The second-order valence-electron chi connectivity index (χ2n) is 3.47. The Hall–Kier alpha value is -1.57. The molecule has 0 radical (unpaired) electrons. The van der Waals surface area contributed by atoms with E-state index in [1.54, 1.807) is 0 Å². The predicted octanol–water partition coefficient (Wildman–Crippen LogP) is 1.47. The SMILES string of the molecule is O=C(O)C(=O)O.[Ru].c1ccc(Pc2ccccc2)cc1. The molecule has 0 saturated carbocycles. The van der Waals surface area contributed by atoms with E-state index in [4.69, 9.17) is 19.8 Å². The van der Waals surface area contributed by atoms with Crippen LogP contribution in [0.25, 0.3) is 0 Å². The molecule has 0 aliphatic rings. The van der Waals surface area contributed by atoms with E-state index in [9.17, 15) is 0 Å². The smallest absolute Gasteiger partial charge is 0.414 e. The van der Waals surface area contributed by atoms with Gasteiger partial charge in [-0.25, -0.2) is 9.59 Å². The number of benzene rings is 2. The number of rotatable bonds is 2. The number of carboxylic acid groups (broad SMARTS) is 2. The van der Waals surface area contributed by atoms with Gasteiger partial charge in [0.25, 0.3) is 0 Å². The molecule has 2 N–H and O–H groups in total. The molecular weight excluding hydrogens is 364 g/mol. The van der Waals surface area contributed by atoms with Crippen molar-refractivity contribution < 1.29 is 39.3 Å². The predicted molar refractivity (Wildman–Crippen MR) is 75.7 cm³/mol. The number of aliphatic carboxylic acids is 2. The quantitative estimate of drug-likeness (QED) is 0.472. The van der Waals surface area contributed by atoms with Gasteiger partial charge in [-0.1, -0.05) is 69.2 Å². The van der Waals surface area contributed by atoms with E-state index in [0.29, 0.717) is 0 Å². The van der Waals surface area contributed by atoms with Gasteiger partial charge in [-0.15, -0.1) is 0 Å². The molecule has 20 heavy (non-hydrogen) atoms. The molecule has 0 atom stereocenters. The first-order valence-electron chi connectivity index (χ1n) is 5.43. The minimum Gasteiger partial charge on any atom is -0.473 e. The summed E-state index contributed by atoms with van der Waals surface area (Å²) < 4.78 is 0. The fourth-order valence-corrected chi connectivity index (χ4v) is 2.26. The average molecular weight is 377 g/mol. The first-order chi connectivity index (χ1) is 9.09. The van der Waals surface area contributed by atoms with Crippen LogP contribution in [0.2, 0.25) is 0 Å². The molecule has 2 aromatic rings. The van der Waals surface area contributed by atoms with Crippen molar-refractivity contribution in [3.05, 3.63) is 60.7 Å². The molecule has 2 aromatic carbocycles. The van der Waals surface area contributed by atoms with Crippen molar-refractivity contribution in [3.8, 4) is 0 Å². The molecule has 106 valence electrons. The molecule has 0 unspecified atom stereocenters. The zero-order valence-electron chi connectivity index (χ0n) is 10.3. The summed E-state index contributed by atoms with van der Waals surface area (Å²) >= 11 is 0. The van der Waals surface area contributed by atoms with E-state index in [1.165, 1.54) is 10.6 Å². The summed E-state index contributed by atoms with van der Waals surface area (Å²) in [6.07, 6.45) is 0. The second kappa shape index (κ2) is 10.2. The van der Waals surface area contributed by atoms with Gasteiger partial charge in [-0.05, 0) is 10.6 Å². The van der Waals surface area contributed by atoms with Gasteiger partial charge in [0.05, 0.1) is 0 Å². The normalized spacial score (nSPS) is 8.60. The molecule has 0 fully saturated rings. The molecule has 6 heteroatoms.